The lowest BCUT2D eigenvalue weighted by Gasteiger charge is -2.24. The Hall–Kier alpha value is -4.21. The van der Waals surface area contributed by atoms with Crippen LogP contribution in [0.5, 0.6) is 17.2 Å². The molecule has 3 N–H and O–H groups in total. The van der Waals surface area contributed by atoms with E-state index in [2.05, 4.69) is 4.98 Å². The van der Waals surface area contributed by atoms with E-state index in [1.54, 1.807) is 12.1 Å². The Balaban J connectivity index is 1.92. The minimum atomic E-state index is -0.698. The third-order valence-corrected chi connectivity index (χ3v) is 5.77. The molecule has 0 radical (unpaired) electrons. The van der Waals surface area contributed by atoms with E-state index in [0.717, 1.165) is 11.1 Å². The lowest BCUT2D eigenvalue weighted by molar-refractivity contribution is -0.118. The van der Waals surface area contributed by atoms with Gasteiger partial charge in [-0.25, -0.2) is 4.79 Å². The summed E-state index contributed by atoms with van der Waals surface area (Å²) in [5.41, 5.74) is 6.59. The highest BCUT2D eigenvalue weighted by Crippen LogP contribution is 2.38. The SMILES string of the molecule is CCCN(C(=O)CCc1cc(OC)c(OC)c(OC)c1)c1c(N)n(Cc2ccccc2)c(=O)[nH]c1=O. The molecule has 0 aliphatic heterocycles. The van der Waals surface area contributed by atoms with E-state index < -0.39 is 11.2 Å². The Bertz CT molecular complexity index is 1290. The van der Waals surface area contributed by atoms with Crippen LogP contribution < -0.4 is 36.1 Å². The van der Waals surface area contributed by atoms with Gasteiger partial charge in [-0.15, -0.1) is 0 Å². The smallest absolute Gasteiger partial charge is 0.330 e. The van der Waals surface area contributed by atoms with Crippen LogP contribution in [0.4, 0.5) is 11.5 Å². The number of nitrogens with zero attached hydrogens (tertiary/aromatic N) is 2. The topological polar surface area (TPSA) is 129 Å². The van der Waals surface area contributed by atoms with Gasteiger partial charge in [0.05, 0.1) is 27.9 Å². The molecule has 0 saturated carbocycles. The van der Waals surface area contributed by atoms with E-state index in [0.29, 0.717) is 30.1 Å². The molecule has 0 aliphatic rings. The summed E-state index contributed by atoms with van der Waals surface area (Å²) >= 11 is 0. The molecule has 1 amide bonds. The zero-order chi connectivity index (χ0) is 26.2. The van der Waals surface area contributed by atoms with Crippen LogP contribution in [0.1, 0.15) is 30.9 Å². The second kappa shape index (κ2) is 12.0. The Kier molecular flexibility index (Phi) is 8.77. The summed E-state index contributed by atoms with van der Waals surface area (Å²) in [6.45, 7) is 2.32. The number of anilines is 2. The fourth-order valence-electron chi connectivity index (χ4n) is 4.01. The Morgan fingerprint density at radius 3 is 2.19 bits per heavy atom. The Labute approximate surface area is 209 Å². The maximum absolute atomic E-state index is 13.3. The monoisotopic (exact) mass is 496 g/mol. The van der Waals surface area contributed by atoms with Crippen LogP contribution in [0, 0.1) is 0 Å². The van der Waals surface area contributed by atoms with Crippen LogP contribution in [-0.4, -0.2) is 43.3 Å². The van der Waals surface area contributed by atoms with E-state index in [4.69, 9.17) is 19.9 Å². The van der Waals surface area contributed by atoms with Crippen molar-refractivity contribution in [1.29, 1.82) is 0 Å². The van der Waals surface area contributed by atoms with Gasteiger partial charge in [-0.1, -0.05) is 37.3 Å². The number of hydrogen-bond acceptors (Lipinski definition) is 7. The molecular formula is C26H32N4O6. The minimum absolute atomic E-state index is 0.0257. The fourth-order valence-corrected chi connectivity index (χ4v) is 4.01. The van der Waals surface area contributed by atoms with Gasteiger partial charge < -0.3 is 24.8 Å². The molecule has 192 valence electrons. The Morgan fingerprint density at radius 2 is 1.64 bits per heavy atom. The lowest BCUT2D eigenvalue weighted by atomic mass is 10.1. The molecule has 1 heterocycles. The second-order valence-corrected chi connectivity index (χ2v) is 8.14. The van der Waals surface area contributed by atoms with Gasteiger partial charge in [0.2, 0.25) is 11.7 Å². The van der Waals surface area contributed by atoms with Crippen LogP contribution in [0.15, 0.2) is 52.1 Å². The molecule has 3 rings (SSSR count). The molecule has 0 atom stereocenters. The molecule has 1 aromatic heterocycles. The number of rotatable bonds is 11. The maximum Gasteiger partial charge on any atom is 0.330 e. The standard InChI is InChI=1S/C26H32N4O6/c1-5-13-29(21(31)12-11-18-14-19(34-2)23(36-4)20(15-18)35-3)22-24(27)30(26(33)28-25(22)32)16-17-9-7-6-8-10-17/h6-10,14-15H,5,11-13,16,27H2,1-4H3,(H,28,32,33). The Morgan fingerprint density at radius 1 is 1.00 bits per heavy atom. The van der Waals surface area contributed by atoms with E-state index in [1.165, 1.54) is 30.8 Å². The zero-order valence-corrected chi connectivity index (χ0v) is 21.0. The predicted octanol–water partition coefficient (Wildman–Crippen LogP) is 2.57. The number of carbonyl (C=O) groups excluding carboxylic acids is 1. The number of aromatic amines is 1. The average Bonchev–Trinajstić information content (AvgIpc) is 2.88. The number of nitrogens with one attached hydrogen (secondary N) is 1. The van der Waals surface area contributed by atoms with E-state index in [1.807, 2.05) is 37.3 Å². The van der Waals surface area contributed by atoms with Crippen LogP contribution in [0.25, 0.3) is 0 Å². The van der Waals surface area contributed by atoms with Gasteiger partial charge >= 0.3 is 5.69 Å². The summed E-state index contributed by atoms with van der Waals surface area (Å²) in [4.78, 5) is 42.4. The largest absolute Gasteiger partial charge is 0.493 e. The van der Waals surface area contributed by atoms with Crippen molar-refractivity contribution in [2.75, 3.05) is 38.5 Å². The number of amides is 1. The average molecular weight is 497 g/mol. The molecule has 0 unspecified atom stereocenters. The molecule has 0 saturated heterocycles. The lowest BCUT2D eigenvalue weighted by Crippen LogP contribution is -2.41. The second-order valence-electron chi connectivity index (χ2n) is 8.14. The molecule has 0 spiro atoms. The minimum Gasteiger partial charge on any atom is -0.493 e. The first-order valence-corrected chi connectivity index (χ1v) is 11.6. The number of carbonyl (C=O) groups is 1. The van der Waals surface area contributed by atoms with Crippen molar-refractivity contribution in [2.24, 2.45) is 0 Å². The summed E-state index contributed by atoms with van der Waals surface area (Å²) in [5.74, 6) is 1.08. The van der Waals surface area contributed by atoms with Gasteiger partial charge in [0.1, 0.15) is 5.82 Å². The normalized spacial score (nSPS) is 10.7. The summed E-state index contributed by atoms with van der Waals surface area (Å²) in [5, 5.41) is 0. The summed E-state index contributed by atoms with van der Waals surface area (Å²) in [6, 6.07) is 12.8. The van der Waals surface area contributed by atoms with Crippen molar-refractivity contribution in [3.8, 4) is 17.2 Å². The molecule has 10 heteroatoms. The number of aromatic nitrogens is 2. The number of methoxy groups -OCH3 is 3. The van der Waals surface area contributed by atoms with Gasteiger partial charge in [0.15, 0.2) is 17.2 Å². The van der Waals surface area contributed by atoms with Crippen LogP contribution >= 0.6 is 0 Å². The molecule has 0 bridgehead atoms. The number of H-pyrrole nitrogens is 1. The van der Waals surface area contributed by atoms with Gasteiger partial charge in [-0.2, -0.15) is 0 Å². The molecule has 3 aromatic rings. The van der Waals surface area contributed by atoms with E-state index in [9.17, 15) is 14.4 Å². The summed E-state index contributed by atoms with van der Waals surface area (Å²) in [6.07, 6.45) is 1.04. The van der Waals surface area contributed by atoms with Gasteiger partial charge in [-0.3, -0.25) is 19.1 Å². The highest BCUT2D eigenvalue weighted by Gasteiger charge is 2.24. The molecule has 36 heavy (non-hydrogen) atoms. The number of nitrogens with two attached hydrogens (primary N) is 1. The number of nitrogen functional groups attached to an aromatic ring is 1. The van der Waals surface area contributed by atoms with E-state index in [-0.39, 0.29) is 36.9 Å². The molecule has 10 nitrogen and oxygen atoms in total. The van der Waals surface area contributed by atoms with Crippen LogP contribution in [0.3, 0.4) is 0 Å². The third kappa shape index (κ3) is 5.70. The highest BCUT2D eigenvalue weighted by atomic mass is 16.5. The quantitative estimate of drug-likeness (QED) is 0.417. The van der Waals surface area contributed by atoms with Crippen molar-refractivity contribution >= 4 is 17.4 Å². The van der Waals surface area contributed by atoms with Crippen molar-refractivity contribution in [3.05, 3.63) is 74.4 Å². The molecule has 0 fully saturated rings. The van der Waals surface area contributed by atoms with Crippen LogP contribution in [-0.2, 0) is 17.8 Å². The summed E-state index contributed by atoms with van der Waals surface area (Å²) in [7, 11) is 4.56. The maximum atomic E-state index is 13.3. The van der Waals surface area contributed by atoms with Crippen molar-refractivity contribution in [3.63, 3.8) is 0 Å². The van der Waals surface area contributed by atoms with Gasteiger partial charge in [0.25, 0.3) is 5.56 Å². The third-order valence-electron chi connectivity index (χ3n) is 5.77. The van der Waals surface area contributed by atoms with Gasteiger partial charge in [-0.05, 0) is 36.1 Å². The first-order valence-electron chi connectivity index (χ1n) is 11.6. The van der Waals surface area contributed by atoms with Crippen molar-refractivity contribution in [1.82, 2.24) is 9.55 Å². The fraction of sp³-hybridized carbons (Fsp3) is 0.346. The number of aryl methyl sites for hydroxylation is 1. The van der Waals surface area contributed by atoms with Crippen molar-refractivity contribution < 1.29 is 19.0 Å². The molecule has 2 aromatic carbocycles. The molecular weight excluding hydrogens is 464 g/mol. The highest BCUT2D eigenvalue weighted by molar-refractivity contribution is 5.95. The number of benzene rings is 2. The number of hydrogen-bond donors (Lipinski definition) is 2. The predicted molar refractivity (Wildman–Crippen MR) is 138 cm³/mol. The zero-order valence-electron chi connectivity index (χ0n) is 21.0. The van der Waals surface area contributed by atoms with Crippen molar-refractivity contribution in [2.45, 2.75) is 32.7 Å². The van der Waals surface area contributed by atoms with E-state index >= 15 is 0 Å². The first-order chi connectivity index (χ1) is 17.3. The number of ether oxygens (including phenoxy) is 3. The molecule has 0 aliphatic carbocycles. The first kappa shape index (κ1) is 26.4. The van der Waals surface area contributed by atoms with Crippen LogP contribution in [0.2, 0.25) is 0 Å². The summed E-state index contributed by atoms with van der Waals surface area (Å²) < 4.78 is 17.4. The van der Waals surface area contributed by atoms with Gasteiger partial charge in [0, 0.05) is 13.0 Å².